The summed E-state index contributed by atoms with van der Waals surface area (Å²) in [5, 5.41) is 0. The number of carbonyl (C=O) groups is 1. The van der Waals surface area contributed by atoms with Gasteiger partial charge in [-0.05, 0) is 31.2 Å². The molecule has 2 nitrogen and oxygen atoms in total. The Bertz CT molecular complexity index is 504. The number of rotatable bonds is 3. The van der Waals surface area contributed by atoms with Crippen LogP contribution >= 0.6 is 31.9 Å². The Kier molecular flexibility index (Phi) is 4.07. The van der Waals surface area contributed by atoms with Gasteiger partial charge in [-0.15, -0.1) is 0 Å². The standard InChI is InChI=1S/C14H12Br2O2/c1-10(17)13-8-7-12(9-14(13,15)16)18-11-5-3-2-4-6-11/h2-9,13H,1H3. The van der Waals surface area contributed by atoms with Crippen LogP contribution in [-0.2, 0) is 4.79 Å². The van der Waals surface area contributed by atoms with E-state index in [1.54, 1.807) is 6.92 Å². The molecule has 2 rings (SSSR count). The molecule has 0 bridgehead atoms. The zero-order chi connectivity index (χ0) is 13.2. The summed E-state index contributed by atoms with van der Waals surface area (Å²) in [6.45, 7) is 1.57. The molecule has 94 valence electrons. The van der Waals surface area contributed by atoms with Crippen LogP contribution in [0.4, 0.5) is 0 Å². The predicted octanol–water partition coefficient (Wildman–Crippen LogP) is 4.21. The van der Waals surface area contributed by atoms with Crippen LogP contribution in [0.1, 0.15) is 6.92 Å². The van der Waals surface area contributed by atoms with E-state index < -0.39 is 3.23 Å². The van der Waals surface area contributed by atoms with E-state index in [0.717, 1.165) is 5.75 Å². The number of hydrogen-bond donors (Lipinski definition) is 0. The van der Waals surface area contributed by atoms with E-state index in [1.807, 2.05) is 48.6 Å². The van der Waals surface area contributed by atoms with Crippen molar-refractivity contribution in [3.8, 4) is 5.75 Å². The molecular formula is C14H12Br2O2. The van der Waals surface area contributed by atoms with E-state index in [-0.39, 0.29) is 11.7 Å². The van der Waals surface area contributed by atoms with Gasteiger partial charge in [0.15, 0.2) is 0 Å². The van der Waals surface area contributed by atoms with Crippen molar-refractivity contribution in [1.82, 2.24) is 0 Å². The van der Waals surface area contributed by atoms with E-state index in [2.05, 4.69) is 31.9 Å². The molecule has 0 aliphatic heterocycles. The van der Waals surface area contributed by atoms with Crippen molar-refractivity contribution in [2.45, 2.75) is 10.2 Å². The molecule has 0 spiro atoms. The second-order valence-corrected chi connectivity index (χ2v) is 7.77. The van der Waals surface area contributed by atoms with Gasteiger partial charge in [-0.1, -0.05) is 56.1 Å². The van der Waals surface area contributed by atoms with Gasteiger partial charge in [-0.2, -0.15) is 0 Å². The minimum Gasteiger partial charge on any atom is -0.458 e. The van der Waals surface area contributed by atoms with Crippen molar-refractivity contribution in [3.05, 3.63) is 54.3 Å². The number of carbonyl (C=O) groups excluding carboxylic acids is 1. The molecule has 18 heavy (non-hydrogen) atoms. The minimum absolute atomic E-state index is 0.0926. The van der Waals surface area contributed by atoms with Gasteiger partial charge in [-0.25, -0.2) is 0 Å². The summed E-state index contributed by atoms with van der Waals surface area (Å²) >= 11 is 7.00. The molecule has 4 heteroatoms. The summed E-state index contributed by atoms with van der Waals surface area (Å²) in [5.41, 5.74) is 0. The van der Waals surface area contributed by atoms with Crippen molar-refractivity contribution in [2.24, 2.45) is 5.92 Å². The minimum atomic E-state index is -0.579. The lowest BCUT2D eigenvalue weighted by Crippen LogP contribution is -2.29. The number of Topliss-reactive ketones (excluding diaryl/α,β-unsaturated/α-hetero) is 1. The third-order valence-electron chi connectivity index (χ3n) is 2.62. The Morgan fingerprint density at radius 2 is 1.94 bits per heavy atom. The Morgan fingerprint density at radius 1 is 1.28 bits per heavy atom. The molecule has 1 aromatic rings. The number of benzene rings is 1. The molecule has 0 saturated carbocycles. The highest BCUT2D eigenvalue weighted by molar-refractivity contribution is 9.25. The van der Waals surface area contributed by atoms with E-state index in [0.29, 0.717) is 5.76 Å². The Labute approximate surface area is 123 Å². The molecule has 1 atom stereocenters. The van der Waals surface area contributed by atoms with Gasteiger partial charge in [0.25, 0.3) is 0 Å². The molecule has 0 heterocycles. The van der Waals surface area contributed by atoms with E-state index >= 15 is 0 Å². The fraction of sp³-hybridized carbons (Fsp3) is 0.214. The lowest BCUT2D eigenvalue weighted by Gasteiger charge is -2.27. The summed E-state index contributed by atoms with van der Waals surface area (Å²) in [4.78, 5) is 11.5. The highest BCUT2D eigenvalue weighted by Crippen LogP contribution is 2.41. The molecule has 0 saturated heterocycles. The monoisotopic (exact) mass is 370 g/mol. The lowest BCUT2D eigenvalue weighted by atomic mass is 9.96. The predicted molar refractivity (Wildman–Crippen MR) is 79.0 cm³/mol. The molecule has 0 fully saturated rings. The summed E-state index contributed by atoms with van der Waals surface area (Å²) < 4.78 is 5.14. The van der Waals surface area contributed by atoms with E-state index in [4.69, 9.17) is 4.74 Å². The average molecular weight is 372 g/mol. The summed E-state index contributed by atoms with van der Waals surface area (Å²) in [7, 11) is 0. The molecule has 0 amide bonds. The van der Waals surface area contributed by atoms with Gasteiger partial charge in [0.2, 0.25) is 0 Å². The van der Waals surface area contributed by atoms with Crippen LogP contribution in [0.5, 0.6) is 5.75 Å². The first-order chi connectivity index (χ1) is 8.49. The highest BCUT2D eigenvalue weighted by Gasteiger charge is 2.36. The van der Waals surface area contributed by atoms with Gasteiger partial charge in [0.1, 0.15) is 20.5 Å². The SMILES string of the molecule is CC(=O)C1C=CC(Oc2ccccc2)=CC1(Br)Br. The van der Waals surface area contributed by atoms with E-state index in [1.165, 1.54) is 0 Å². The fourth-order valence-electron chi connectivity index (χ4n) is 1.74. The van der Waals surface area contributed by atoms with Crippen LogP contribution in [0.25, 0.3) is 0 Å². The number of ether oxygens (including phenoxy) is 1. The van der Waals surface area contributed by atoms with Crippen LogP contribution in [-0.4, -0.2) is 9.02 Å². The number of ketones is 1. The quantitative estimate of drug-likeness (QED) is 0.744. The second-order valence-electron chi connectivity index (χ2n) is 4.08. The molecule has 1 unspecified atom stereocenters. The largest absolute Gasteiger partial charge is 0.458 e. The van der Waals surface area contributed by atoms with Crippen LogP contribution in [0.15, 0.2) is 54.3 Å². The van der Waals surface area contributed by atoms with Gasteiger partial charge in [0, 0.05) is 0 Å². The molecule has 0 radical (unpaired) electrons. The number of para-hydroxylation sites is 1. The van der Waals surface area contributed by atoms with Crippen LogP contribution in [0.3, 0.4) is 0 Å². The normalized spacial score (nSPS) is 21.3. The fourth-order valence-corrected chi connectivity index (χ4v) is 3.14. The Hall–Kier alpha value is -0.870. The van der Waals surface area contributed by atoms with Crippen molar-refractivity contribution >= 4 is 37.6 Å². The Balaban J connectivity index is 2.18. The van der Waals surface area contributed by atoms with Gasteiger partial charge < -0.3 is 4.74 Å². The zero-order valence-corrected chi connectivity index (χ0v) is 12.9. The maximum Gasteiger partial charge on any atom is 0.139 e. The molecule has 1 aromatic carbocycles. The van der Waals surface area contributed by atoms with Gasteiger partial charge in [0.05, 0.1) is 5.92 Å². The average Bonchev–Trinajstić information content (AvgIpc) is 2.28. The smallest absolute Gasteiger partial charge is 0.139 e. The molecule has 0 N–H and O–H groups in total. The topological polar surface area (TPSA) is 26.3 Å². The molecular weight excluding hydrogens is 360 g/mol. The summed E-state index contributed by atoms with van der Waals surface area (Å²) in [5.74, 6) is 1.33. The van der Waals surface area contributed by atoms with Crippen molar-refractivity contribution < 1.29 is 9.53 Å². The van der Waals surface area contributed by atoms with Gasteiger partial charge in [-0.3, -0.25) is 4.79 Å². The van der Waals surface area contributed by atoms with Crippen LogP contribution in [0.2, 0.25) is 0 Å². The maximum atomic E-state index is 11.5. The lowest BCUT2D eigenvalue weighted by molar-refractivity contribution is -0.119. The first-order valence-corrected chi connectivity index (χ1v) is 7.10. The third kappa shape index (κ3) is 3.12. The molecule has 1 aliphatic carbocycles. The number of hydrogen-bond acceptors (Lipinski definition) is 2. The summed E-state index contributed by atoms with van der Waals surface area (Å²) in [6, 6.07) is 9.53. The van der Waals surface area contributed by atoms with Gasteiger partial charge >= 0.3 is 0 Å². The Morgan fingerprint density at radius 3 is 2.50 bits per heavy atom. The summed E-state index contributed by atoms with van der Waals surface area (Å²) in [6.07, 6.45) is 5.51. The number of allylic oxidation sites excluding steroid dienone is 3. The second kappa shape index (κ2) is 5.41. The van der Waals surface area contributed by atoms with Crippen molar-refractivity contribution in [3.63, 3.8) is 0 Å². The zero-order valence-electron chi connectivity index (χ0n) is 9.77. The third-order valence-corrected chi connectivity index (χ3v) is 4.06. The first-order valence-electron chi connectivity index (χ1n) is 5.51. The number of alkyl halides is 2. The van der Waals surface area contributed by atoms with Crippen LogP contribution < -0.4 is 4.74 Å². The number of halogens is 2. The first kappa shape index (κ1) is 13.6. The highest BCUT2D eigenvalue weighted by atomic mass is 79.9. The van der Waals surface area contributed by atoms with Crippen molar-refractivity contribution in [2.75, 3.05) is 0 Å². The van der Waals surface area contributed by atoms with Crippen molar-refractivity contribution in [1.29, 1.82) is 0 Å². The van der Waals surface area contributed by atoms with Crippen LogP contribution in [0, 0.1) is 5.92 Å². The maximum absolute atomic E-state index is 11.5. The molecule has 1 aliphatic rings. The molecule has 0 aromatic heterocycles. The van der Waals surface area contributed by atoms with E-state index in [9.17, 15) is 4.79 Å².